The first-order chi connectivity index (χ1) is 12.3. The lowest BCUT2D eigenvalue weighted by Crippen LogP contribution is -2.43. The standard InChI is InChI=1S/C19H24N2O4S/c1-14(2)20-19(22)13-21(16-8-6-5-7-9-16)26(23,24)18-12-15(3)10-11-17(18)25-4/h5-12,14H,13H2,1-4H3,(H,20,22). The Morgan fingerprint density at radius 1 is 1.15 bits per heavy atom. The molecule has 140 valence electrons. The van der Waals surface area contributed by atoms with E-state index in [1.165, 1.54) is 7.11 Å². The molecular weight excluding hydrogens is 352 g/mol. The molecule has 0 radical (unpaired) electrons. The minimum absolute atomic E-state index is 0.0289. The summed E-state index contributed by atoms with van der Waals surface area (Å²) in [4.78, 5) is 12.3. The number of rotatable bonds is 7. The van der Waals surface area contributed by atoms with E-state index in [2.05, 4.69) is 5.32 Å². The number of anilines is 1. The summed E-state index contributed by atoms with van der Waals surface area (Å²) in [5.74, 6) is -0.139. The van der Waals surface area contributed by atoms with E-state index in [4.69, 9.17) is 4.74 Å². The molecule has 1 N–H and O–H groups in total. The summed E-state index contributed by atoms with van der Waals surface area (Å²) in [6.45, 7) is 5.13. The van der Waals surface area contributed by atoms with Crippen LogP contribution >= 0.6 is 0 Å². The Kier molecular flexibility index (Phi) is 6.26. The lowest BCUT2D eigenvalue weighted by molar-refractivity contribution is -0.120. The van der Waals surface area contributed by atoms with E-state index in [1.807, 2.05) is 13.8 Å². The number of carbonyl (C=O) groups excluding carboxylic acids is 1. The van der Waals surface area contributed by atoms with Crippen LogP contribution in [0, 0.1) is 6.92 Å². The molecule has 0 bridgehead atoms. The summed E-state index contributed by atoms with van der Waals surface area (Å²) < 4.78 is 33.0. The van der Waals surface area contributed by atoms with Crippen molar-refractivity contribution in [1.82, 2.24) is 5.32 Å². The van der Waals surface area contributed by atoms with Gasteiger partial charge in [0.05, 0.1) is 12.8 Å². The lowest BCUT2D eigenvalue weighted by Gasteiger charge is -2.25. The number of ether oxygens (including phenoxy) is 1. The van der Waals surface area contributed by atoms with Crippen molar-refractivity contribution in [3.63, 3.8) is 0 Å². The van der Waals surface area contributed by atoms with Crippen molar-refractivity contribution in [3.8, 4) is 5.75 Å². The van der Waals surface area contributed by atoms with Crippen molar-refractivity contribution in [1.29, 1.82) is 0 Å². The molecule has 0 saturated heterocycles. The molecule has 0 aliphatic rings. The third kappa shape index (κ3) is 4.54. The highest BCUT2D eigenvalue weighted by atomic mass is 32.2. The summed E-state index contributed by atoms with van der Waals surface area (Å²) in [6, 6.07) is 13.4. The molecule has 0 fully saturated rings. The smallest absolute Gasteiger partial charge is 0.268 e. The summed E-state index contributed by atoms with van der Waals surface area (Å²) in [5.41, 5.74) is 1.19. The zero-order chi connectivity index (χ0) is 19.3. The van der Waals surface area contributed by atoms with Gasteiger partial charge in [-0.1, -0.05) is 24.3 Å². The number of nitrogens with zero attached hydrogens (tertiary/aromatic N) is 1. The van der Waals surface area contributed by atoms with Gasteiger partial charge in [-0.3, -0.25) is 9.10 Å². The molecule has 0 aromatic heterocycles. The number of benzene rings is 2. The van der Waals surface area contributed by atoms with Gasteiger partial charge in [0, 0.05) is 6.04 Å². The first-order valence-corrected chi connectivity index (χ1v) is 9.71. The van der Waals surface area contributed by atoms with Gasteiger partial charge in [0.15, 0.2) is 0 Å². The highest BCUT2D eigenvalue weighted by Crippen LogP contribution is 2.30. The van der Waals surface area contributed by atoms with Gasteiger partial charge in [0.1, 0.15) is 17.2 Å². The molecule has 0 heterocycles. The second-order valence-corrected chi connectivity index (χ2v) is 8.05. The fraction of sp³-hybridized carbons (Fsp3) is 0.316. The van der Waals surface area contributed by atoms with Crippen LogP contribution in [0.5, 0.6) is 5.75 Å². The summed E-state index contributed by atoms with van der Waals surface area (Å²) in [5, 5.41) is 2.73. The summed E-state index contributed by atoms with van der Waals surface area (Å²) >= 11 is 0. The number of methoxy groups -OCH3 is 1. The number of para-hydroxylation sites is 1. The van der Waals surface area contributed by atoms with Crippen molar-refractivity contribution in [2.24, 2.45) is 0 Å². The third-order valence-corrected chi connectivity index (χ3v) is 5.46. The second kappa shape index (κ2) is 8.23. The van der Waals surface area contributed by atoms with Gasteiger partial charge in [-0.05, 0) is 50.6 Å². The van der Waals surface area contributed by atoms with Gasteiger partial charge in [0.2, 0.25) is 5.91 Å². The summed E-state index contributed by atoms with van der Waals surface area (Å²) in [6.07, 6.45) is 0. The molecule has 0 saturated carbocycles. The highest BCUT2D eigenvalue weighted by Gasteiger charge is 2.30. The van der Waals surface area contributed by atoms with Gasteiger partial charge < -0.3 is 10.1 Å². The van der Waals surface area contributed by atoms with E-state index < -0.39 is 10.0 Å². The van der Waals surface area contributed by atoms with E-state index in [0.717, 1.165) is 9.87 Å². The van der Waals surface area contributed by atoms with Crippen LogP contribution in [0.4, 0.5) is 5.69 Å². The average Bonchev–Trinajstić information content (AvgIpc) is 2.59. The zero-order valence-electron chi connectivity index (χ0n) is 15.4. The largest absolute Gasteiger partial charge is 0.495 e. The minimum Gasteiger partial charge on any atom is -0.495 e. The molecule has 0 atom stereocenters. The third-order valence-electron chi connectivity index (χ3n) is 3.67. The van der Waals surface area contributed by atoms with Gasteiger partial charge in [-0.2, -0.15) is 0 Å². The first-order valence-electron chi connectivity index (χ1n) is 8.27. The van der Waals surface area contributed by atoms with E-state index in [9.17, 15) is 13.2 Å². The SMILES string of the molecule is COc1ccc(C)cc1S(=O)(=O)N(CC(=O)NC(C)C)c1ccccc1. The van der Waals surface area contributed by atoms with Gasteiger partial charge in [-0.15, -0.1) is 0 Å². The van der Waals surface area contributed by atoms with Crippen LogP contribution in [0.15, 0.2) is 53.4 Å². The highest BCUT2D eigenvalue weighted by molar-refractivity contribution is 7.93. The van der Waals surface area contributed by atoms with Crippen LogP contribution in [-0.2, 0) is 14.8 Å². The number of hydrogen-bond donors (Lipinski definition) is 1. The first kappa shape index (κ1) is 19.8. The van der Waals surface area contributed by atoms with Crippen LogP contribution in [0.1, 0.15) is 19.4 Å². The molecule has 1 amide bonds. The maximum atomic E-state index is 13.4. The molecule has 2 aromatic rings. The summed E-state index contributed by atoms with van der Waals surface area (Å²) in [7, 11) is -2.58. The van der Waals surface area contributed by atoms with Crippen LogP contribution < -0.4 is 14.4 Å². The van der Waals surface area contributed by atoms with Gasteiger partial charge in [-0.25, -0.2) is 8.42 Å². The zero-order valence-corrected chi connectivity index (χ0v) is 16.2. The molecule has 7 heteroatoms. The van der Waals surface area contributed by atoms with Crippen molar-refractivity contribution in [2.75, 3.05) is 18.0 Å². The Labute approximate surface area is 154 Å². The fourth-order valence-corrected chi connectivity index (χ4v) is 4.18. The average molecular weight is 376 g/mol. The molecule has 0 unspecified atom stereocenters. The normalized spacial score (nSPS) is 11.3. The molecule has 0 aliphatic heterocycles. The Hall–Kier alpha value is -2.54. The van der Waals surface area contributed by atoms with Gasteiger partial charge in [0.25, 0.3) is 10.0 Å². The lowest BCUT2D eigenvalue weighted by atomic mass is 10.2. The van der Waals surface area contributed by atoms with Crippen molar-refractivity contribution >= 4 is 21.6 Å². The molecular formula is C19H24N2O4S. The van der Waals surface area contributed by atoms with Crippen LogP contribution in [0.3, 0.4) is 0 Å². The number of nitrogens with one attached hydrogen (secondary N) is 1. The van der Waals surface area contributed by atoms with Crippen molar-refractivity contribution in [2.45, 2.75) is 31.7 Å². The monoisotopic (exact) mass is 376 g/mol. The number of hydrogen-bond acceptors (Lipinski definition) is 4. The maximum absolute atomic E-state index is 13.4. The van der Waals surface area contributed by atoms with E-state index in [0.29, 0.717) is 5.69 Å². The Bertz CT molecular complexity index is 864. The molecule has 2 rings (SSSR count). The number of carbonyl (C=O) groups is 1. The predicted molar refractivity (Wildman–Crippen MR) is 102 cm³/mol. The molecule has 2 aromatic carbocycles. The van der Waals surface area contributed by atoms with E-state index >= 15 is 0 Å². The predicted octanol–water partition coefficient (Wildman–Crippen LogP) is 2.72. The molecule has 26 heavy (non-hydrogen) atoms. The second-order valence-electron chi connectivity index (χ2n) is 6.22. The molecule has 0 aliphatic carbocycles. The minimum atomic E-state index is -4.00. The molecule has 0 spiro atoms. The Balaban J connectivity index is 2.54. The Morgan fingerprint density at radius 3 is 2.38 bits per heavy atom. The van der Waals surface area contributed by atoms with Gasteiger partial charge >= 0.3 is 0 Å². The van der Waals surface area contributed by atoms with Crippen LogP contribution in [0.25, 0.3) is 0 Å². The number of sulfonamides is 1. The number of aryl methyl sites for hydroxylation is 1. The van der Waals surface area contributed by atoms with E-state index in [1.54, 1.807) is 55.5 Å². The quantitative estimate of drug-likeness (QED) is 0.806. The van der Waals surface area contributed by atoms with Crippen LogP contribution in [-0.4, -0.2) is 34.0 Å². The Morgan fingerprint density at radius 2 is 1.81 bits per heavy atom. The fourth-order valence-electron chi connectivity index (χ4n) is 2.51. The van der Waals surface area contributed by atoms with E-state index in [-0.39, 0.29) is 29.1 Å². The van der Waals surface area contributed by atoms with Crippen molar-refractivity contribution in [3.05, 3.63) is 54.1 Å². The number of amides is 1. The topological polar surface area (TPSA) is 75.7 Å². The molecule has 6 nitrogen and oxygen atoms in total. The van der Waals surface area contributed by atoms with Crippen LogP contribution in [0.2, 0.25) is 0 Å². The maximum Gasteiger partial charge on any atom is 0.268 e. The van der Waals surface area contributed by atoms with Crippen molar-refractivity contribution < 1.29 is 17.9 Å².